The zero-order chi connectivity index (χ0) is 22.0. The standard InChI is InChI=1S/C24H30N4O2S/c1-6-24(2,3)16-8-10-20-17(12-16)21-22(25-14-26-23(21)31-20)28-27-13-15-7-9-18(29-4)19(11-15)30-5/h7,9,11,13-14,16H,6,8,10,12H2,1-5H3,(H,25,26,28)/b27-13-/t16-/m1/s1. The van der Waals surface area contributed by atoms with Crippen molar-refractivity contribution in [2.45, 2.75) is 46.5 Å². The number of nitrogens with one attached hydrogen (secondary N) is 1. The molecule has 6 nitrogen and oxygen atoms in total. The van der Waals surface area contributed by atoms with Crippen LogP contribution in [0.5, 0.6) is 11.5 Å². The molecule has 7 heteroatoms. The number of nitrogens with zero attached hydrogens (tertiary/aromatic N) is 3. The maximum Gasteiger partial charge on any atom is 0.161 e. The highest BCUT2D eigenvalue weighted by molar-refractivity contribution is 7.19. The molecular formula is C24H30N4O2S. The van der Waals surface area contributed by atoms with E-state index in [1.165, 1.54) is 23.3 Å². The zero-order valence-electron chi connectivity index (χ0n) is 18.9. The van der Waals surface area contributed by atoms with E-state index in [0.717, 1.165) is 34.4 Å². The molecule has 0 unspecified atom stereocenters. The van der Waals surface area contributed by atoms with Gasteiger partial charge in [-0.2, -0.15) is 5.10 Å². The highest BCUT2D eigenvalue weighted by Gasteiger charge is 2.33. The van der Waals surface area contributed by atoms with Gasteiger partial charge in [-0.3, -0.25) is 5.43 Å². The van der Waals surface area contributed by atoms with Gasteiger partial charge >= 0.3 is 0 Å². The lowest BCUT2D eigenvalue weighted by molar-refractivity contribution is 0.184. The third-order valence-electron chi connectivity index (χ3n) is 6.65. The van der Waals surface area contributed by atoms with Crippen molar-refractivity contribution in [3.63, 3.8) is 0 Å². The minimum atomic E-state index is 0.334. The third-order valence-corrected chi connectivity index (χ3v) is 7.85. The van der Waals surface area contributed by atoms with Crippen molar-refractivity contribution in [1.29, 1.82) is 0 Å². The van der Waals surface area contributed by atoms with Crippen molar-refractivity contribution in [1.82, 2.24) is 9.97 Å². The fourth-order valence-electron chi connectivity index (χ4n) is 4.25. The van der Waals surface area contributed by atoms with Crippen LogP contribution in [0.1, 0.15) is 49.6 Å². The van der Waals surface area contributed by atoms with Gasteiger partial charge in [-0.25, -0.2) is 9.97 Å². The van der Waals surface area contributed by atoms with E-state index >= 15 is 0 Å². The Bertz CT molecular complexity index is 1110. The van der Waals surface area contributed by atoms with Crippen molar-refractivity contribution in [2.24, 2.45) is 16.4 Å². The molecule has 1 aliphatic carbocycles. The van der Waals surface area contributed by atoms with Crippen LogP contribution in [0.15, 0.2) is 29.6 Å². The lowest BCUT2D eigenvalue weighted by atomic mass is 9.69. The maximum absolute atomic E-state index is 5.37. The molecule has 1 aliphatic rings. The molecule has 2 aromatic heterocycles. The van der Waals surface area contributed by atoms with E-state index in [0.29, 0.717) is 22.8 Å². The van der Waals surface area contributed by atoms with Crippen molar-refractivity contribution in [2.75, 3.05) is 19.6 Å². The van der Waals surface area contributed by atoms with E-state index in [4.69, 9.17) is 9.47 Å². The van der Waals surface area contributed by atoms with Gasteiger partial charge in [0.05, 0.1) is 25.8 Å². The summed E-state index contributed by atoms with van der Waals surface area (Å²) in [6.07, 6.45) is 8.01. The molecule has 1 aromatic carbocycles. The van der Waals surface area contributed by atoms with Gasteiger partial charge in [0.1, 0.15) is 11.2 Å². The number of hydrazone groups is 1. The Hall–Kier alpha value is -2.67. The topological polar surface area (TPSA) is 68.6 Å². The average molecular weight is 439 g/mol. The van der Waals surface area contributed by atoms with Gasteiger partial charge in [-0.15, -0.1) is 11.3 Å². The van der Waals surface area contributed by atoms with Gasteiger partial charge in [0.25, 0.3) is 0 Å². The molecule has 164 valence electrons. The highest BCUT2D eigenvalue weighted by Crippen LogP contribution is 2.45. The van der Waals surface area contributed by atoms with Crippen molar-refractivity contribution in [3.8, 4) is 11.5 Å². The molecule has 2 heterocycles. The van der Waals surface area contributed by atoms with E-state index in [2.05, 4.69) is 41.3 Å². The second kappa shape index (κ2) is 8.83. The zero-order valence-corrected chi connectivity index (χ0v) is 19.7. The van der Waals surface area contributed by atoms with Crippen LogP contribution in [-0.4, -0.2) is 30.4 Å². The SMILES string of the molecule is CCC(C)(C)[C@@H]1CCc2sc3ncnc(N/N=C\c4ccc(OC)c(OC)c4)c3c2C1. The lowest BCUT2D eigenvalue weighted by Crippen LogP contribution is -2.28. The first-order valence-electron chi connectivity index (χ1n) is 10.7. The molecule has 0 saturated heterocycles. The first-order valence-corrected chi connectivity index (χ1v) is 11.5. The highest BCUT2D eigenvalue weighted by atomic mass is 32.1. The Morgan fingerprint density at radius 3 is 2.77 bits per heavy atom. The Kier molecular flexibility index (Phi) is 6.14. The molecule has 0 saturated carbocycles. The van der Waals surface area contributed by atoms with Crippen molar-refractivity contribution in [3.05, 3.63) is 40.5 Å². The Morgan fingerprint density at radius 2 is 2.03 bits per heavy atom. The predicted molar refractivity (Wildman–Crippen MR) is 128 cm³/mol. The summed E-state index contributed by atoms with van der Waals surface area (Å²) in [6.45, 7) is 7.07. The molecule has 3 aromatic rings. The number of benzene rings is 1. The number of methoxy groups -OCH3 is 2. The summed E-state index contributed by atoms with van der Waals surface area (Å²) in [7, 11) is 3.25. The third kappa shape index (κ3) is 4.24. The molecule has 0 aliphatic heterocycles. The summed E-state index contributed by atoms with van der Waals surface area (Å²) in [4.78, 5) is 11.6. The van der Waals surface area contributed by atoms with Gasteiger partial charge < -0.3 is 9.47 Å². The number of aromatic nitrogens is 2. The Labute approximate surface area is 187 Å². The molecule has 0 radical (unpaired) electrons. The molecule has 4 rings (SSSR count). The van der Waals surface area contributed by atoms with Crippen molar-refractivity contribution >= 4 is 33.6 Å². The number of aryl methyl sites for hydroxylation is 1. The van der Waals surface area contributed by atoms with Crippen LogP contribution in [0.4, 0.5) is 5.82 Å². The monoisotopic (exact) mass is 438 g/mol. The predicted octanol–water partition coefficient (Wildman–Crippen LogP) is 5.70. The van der Waals surface area contributed by atoms with Gasteiger partial charge in [0.15, 0.2) is 17.3 Å². The summed E-state index contributed by atoms with van der Waals surface area (Å²) < 4.78 is 10.7. The van der Waals surface area contributed by atoms with E-state index in [1.54, 1.807) is 38.1 Å². The van der Waals surface area contributed by atoms with Crippen LogP contribution in [-0.2, 0) is 12.8 Å². The molecule has 0 fully saturated rings. The van der Waals surface area contributed by atoms with Gasteiger partial charge in [-0.05, 0) is 59.9 Å². The number of anilines is 1. The summed E-state index contributed by atoms with van der Waals surface area (Å²) in [5.41, 5.74) is 5.81. The molecule has 0 bridgehead atoms. The van der Waals surface area contributed by atoms with E-state index in [9.17, 15) is 0 Å². The van der Waals surface area contributed by atoms with Gasteiger partial charge in [-0.1, -0.05) is 27.2 Å². The number of hydrogen-bond acceptors (Lipinski definition) is 7. The Morgan fingerprint density at radius 1 is 1.23 bits per heavy atom. The average Bonchev–Trinajstić information content (AvgIpc) is 3.17. The summed E-state index contributed by atoms with van der Waals surface area (Å²) in [5.74, 6) is 2.81. The summed E-state index contributed by atoms with van der Waals surface area (Å²) in [5, 5.41) is 5.58. The van der Waals surface area contributed by atoms with Gasteiger partial charge in [0.2, 0.25) is 0 Å². The summed E-state index contributed by atoms with van der Waals surface area (Å²) >= 11 is 1.80. The molecule has 31 heavy (non-hydrogen) atoms. The van der Waals surface area contributed by atoms with Crippen LogP contribution < -0.4 is 14.9 Å². The van der Waals surface area contributed by atoms with Crippen LogP contribution >= 0.6 is 11.3 Å². The summed E-state index contributed by atoms with van der Waals surface area (Å²) in [6, 6.07) is 5.70. The normalized spacial score (nSPS) is 16.5. The minimum Gasteiger partial charge on any atom is -0.493 e. The number of ether oxygens (including phenoxy) is 2. The molecule has 0 spiro atoms. The van der Waals surface area contributed by atoms with E-state index < -0.39 is 0 Å². The molecule has 1 N–H and O–H groups in total. The van der Waals surface area contributed by atoms with Crippen LogP contribution in [0, 0.1) is 11.3 Å². The number of fused-ring (bicyclic) bond motifs is 3. The smallest absolute Gasteiger partial charge is 0.161 e. The molecule has 0 amide bonds. The molecular weight excluding hydrogens is 408 g/mol. The first-order chi connectivity index (χ1) is 15.0. The second-order valence-electron chi connectivity index (χ2n) is 8.67. The first kappa shape index (κ1) is 21.6. The number of thiophene rings is 1. The number of rotatable bonds is 7. The second-order valence-corrected chi connectivity index (χ2v) is 9.76. The van der Waals surface area contributed by atoms with Crippen LogP contribution in [0.3, 0.4) is 0 Å². The lowest BCUT2D eigenvalue weighted by Gasteiger charge is -2.36. The van der Waals surface area contributed by atoms with E-state index in [-0.39, 0.29) is 0 Å². The quantitative estimate of drug-likeness (QED) is 0.379. The fraction of sp³-hybridized carbons (Fsp3) is 0.458. The molecule has 1 atom stereocenters. The van der Waals surface area contributed by atoms with Crippen LogP contribution in [0.25, 0.3) is 10.2 Å². The maximum atomic E-state index is 5.37. The fourth-order valence-corrected chi connectivity index (χ4v) is 5.43. The minimum absolute atomic E-state index is 0.334. The van der Waals surface area contributed by atoms with E-state index in [1.807, 2.05) is 18.2 Å². The van der Waals surface area contributed by atoms with Crippen LogP contribution in [0.2, 0.25) is 0 Å². The van der Waals surface area contributed by atoms with Gasteiger partial charge in [0, 0.05) is 4.88 Å². The van der Waals surface area contributed by atoms with Crippen molar-refractivity contribution < 1.29 is 9.47 Å². The largest absolute Gasteiger partial charge is 0.493 e. The number of hydrogen-bond donors (Lipinski definition) is 1. The Balaban J connectivity index is 1.61.